The Morgan fingerprint density at radius 1 is 0.864 bits per heavy atom. The SMILES string of the molecule is Cc1ccc(NCC(=O)Nc2c(C)cc(C)cc2C)c(C)c1. The van der Waals surface area contributed by atoms with Crippen molar-refractivity contribution in [2.24, 2.45) is 0 Å². The number of aryl methyl sites for hydroxylation is 5. The molecule has 22 heavy (non-hydrogen) atoms. The quantitative estimate of drug-likeness (QED) is 0.884. The fraction of sp³-hybridized carbons (Fsp3) is 0.316. The first-order chi connectivity index (χ1) is 10.4. The van der Waals surface area contributed by atoms with Crippen LogP contribution in [0.1, 0.15) is 27.8 Å². The van der Waals surface area contributed by atoms with E-state index in [9.17, 15) is 4.79 Å². The normalized spacial score (nSPS) is 10.4. The molecule has 2 aromatic carbocycles. The van der Waals surface area contributed by atoms with E-state index in [0.29, 0.717) is 0 Å². The zero-order chi connectivity index (χ0) is 16.3. The van der Waals surface area contributed by atoms with Gasteiger partial charge in [0.1, 0.15) is 0 Å². The fourth-order valence-electron chi connectivity index (χ4n) is 2.75. The van der Waals surface area contributed by atoms with Gasteiger partial charge in [-0.2, -0.15) is 0 Å². The number of benzene rings is 2. The molecule has 0 spiro atoms. The van der Waals surface area contributed by atoms with Crippen molar-refractivity contribution >= 4 is 17.3 Å². The Morgan fingerprint density at radius 2 is 1.45 bits per heavy atom. The van der Waals surface area contributed by atoms with E-state index in [1.54, 1.807) is 0 Å². The van der Waals surface area contributed by atoms with E-state index >= 15 is 0 Å². The van der Waals surface area contributed by atoms with Gasteiger partial charge in [-0.05, 0) is 57.4 Å². The van der Waals surface area contributed by atoms with Gasteiger partial charge < -0.3 is 10.6 Å². The first-order valence-electron chi connectivity index (χ1n) is 7.55. The molecule has 0 aromatic heterocycles. The first kappa shape index (κ1) is 16.1. The zero-order valence-corrected chi connectivity index (χ0v) is 14.0. The minimum Gasteiger partial charge on any atom is -0.376 e. The summed E-state index contributed by atoms with van der Waals surface area (Å²) in [7, 11) is 0. The third kappa shape index (κ3) is 3.88. The Bertz CT molecular complexity index is 682. The third-order valence-corrected chi connectivity index (χ3v) is 3.76. The van der Waals surface area contributed by atoms with Crippen molar-refractivity contribution in [3.8, 4) is 0 Å². The van der Waals surface area contributed by atoms with Crippen LogP contribution in [0.3, 0.4) is 0 Å². The van der Waals surface area contributed by atoms with Crippen LogP contribution in [0.15, 0.2) is 30.3 Å². The Balaban J connectivity index is 2.02. The van der Waals surface area contributed by atoms with Gasteiger partial charge in [0.15, 0.2) is 0 Å². The first-order valence-corrected chi connectivity index (χ1v) is 7.55. The second kappa shape index (κ2) is 6.65. The van der Waals surface area contributed by atoms with Gasteiger partial charge >= 0.3 is 0 Å². The van der Waals surface area contributed by atoms with Crippen LogP contribution < -0.4 is 10.6 Å². The fourth-order valence-corrected chi connectivity index (χ4v) is 2.75. The predicted octanol–water partition coefficient (Wildman–Crippen LogP) is 4.28. The van der Waals surface area contributed by atoms with E-state index in [-0.39, 0.29) is 12.5 Å². The standard InChI is InChI=1S/C19H24N2O/c1-12-6-7-17(14(3)8-12)20-11-18(22)21-19-15(4)9-13(2)10-16(19)5/h6-10,20H,11H2,1-5H3,(H,21,22). The van der Waals surface area contributed by atoms with Crippen molar-refractivity contribution in [3.05, 3.63) is 58.1 Å². The van der Waals surface area contributed by atoms with E-state index < -0.39 is 0 Å². The molecule has 1 amide bonds. The molecule has 0 aliphatic rings. The largest absolute Gasteiger partial charge is 0.376 e. The molecule has 0 aliphatic carbocycles. The molecule has 116 valence electrons. The van der Waals surface area contributed by atoms with Gasteiger partial charge in [0, 0.05) is 11.4 Å². The second-order valence-corrected chi connectivity index (χ2v) is 5.99. The minimum absolute atomic E-state index is 0.0324. The number of rotatable bonds is 4. The minimum atomic E-state index is -0.0324. The lowest BCUT2D eigenvalue weighted by Crippen LogP contribution is -2.23. The lowest BCUT2D eigenvalue weighted by atomic mass is 10.1. The second-order valence-electron chi connectivity index (χ2n) is 5.99. The maximum atomic E-state index is 12.2. The van der Waals surface area contributed by atoms with Crippen molar-refractivity contribution in [2.45, 2.75) is 34.6 Å². The Labute approximate surface area is 132 Å². The Morgan fingerprint density at radius 3 is 2.05 bits per heavy atom. The average Bonchev–Trinajstić information content (AvgIpc) is 2.42. The van der Waals surface area contributed by atoms with Crippen LogP contribution in [0, 0.1) is 34.6 Å². The molecule has 0 aliphatic heterocycles. The van der Waals surface area contributed by atoms with E-state index in [0.717, 1.165) is 28.1 Å². The molecule has 0 saturated heterocycles. The topological polar surface area (TPSA) is 41.1 Å². The van der Waals surface area contributed by atoms with E-state index in [1.807, 2.05) is 32.9 Å². The lowest BCUT2D eigenvalue weighted by Gasteiger charge is -2.14. The highest BCUT2D eigenvalue weighted by molar-refractivity contribution is 5.95. The molecule has 3 heteroatoms. The van der Waals surface area contributed by atoms with Gasteiger partial charge in [0.25, 0.3) is 0 Å². The predicted molar refractivity (Wildman–Crippen MR) is 93.7 cm³/mol. The van der Waals surface area contributed by atoms with Crippen LogP contribution >= 0.6 is 0 Å². The molecular formula is C19H24N2O. The molecule has 0 bridgehead atoms. The molecule has 0 fully saturated rings. The maximum Gasteiger partial charge on any atom is 0.243 e. The van der Waals surface area contributed by atoms with Crippen LogP contribution in [-0.4, -0.2) is 12.5 Å². The number of carbonyl (C=O) groups excluding carboxylic acids is 1. The molecule has 2 rings (SSSR count). The highest BCUT2D eigenvalue weighted by Crippen LogP contribution is 2.22. The summed E-state index contributed by atoms with van der Waals surface area (Å²) in [5.74, 6) is -0.0324. The number of anilines is 2. The summed E-state index contributed by atoms with van der Waals surface area (Å²) in [5.41, 5.74) is 7.68. The van der Waals surface area contributed by atoms with Crippen molar-refractivity contribution < 1.29 is 4.79 Å². The van der Waals surface area contributed by atoms with Gasteiger partial charge in [-0.15, -0.1) is 0 Å². The van der Waals surface area contributed by atoms with E-state index in [2.05, 4.69) is 42.7 Å². The number of hydrogen-bond donors (Lipinski definition) is 2. The van der Waals surface area contributed by atoms with Crippen LogP contribution in [0.2, 0.25) is 0 Å². The lowest BCUT2D eigenvalue weighted by molar-refractivity contribution is -0.114. The van der Waals surface area contributed by atoms with Gasteiger partial charge in [0.05, 0.1) is 6.54 Å². The molecular weight excluding hydrogens is 272 g/mol. The van der Waals surface area contributed by atoms with Crippen LogP contribution in [0.5, 0.6) is 0 Å². The summed E-state index contributed by atoms with van der Waals surface area (Å²) in [6.07, 6.45) is 0. The summed E-state index contributed by atoms with van der Waals surface area (Å²) < 4.78 is 0. The van der Waals surface area contributed by atoms with Crippen molar-refractivity contribution in [3.63, 3.8) is 0 Å². The summed E-state index contributed by atoms with van der Waals surface area (Å²) >= 11 is 0. The van der Waals surface area contributed by atoms with Crippen molar-refractivity contribution in [1.82, 2.24) is 0 Å². The van der Waals surface area contributed by atoms with Gasteiger partial charge in [-0.3, -0.25) is 4.79 Å². The highest BCUT2D eigenvalue weighted by Gasteiger charge is 2.08. The molecule has 0 heterocycles. The summed E-state index contributed by atoms with van der Waals surface area (Å²) in [6.45, 7) is 10.5. The smallest absolute Gasteiger partial charge is 0.243 e. The molecule has 3 nitrogen and oxygen atoms in total. The monoisotopic (exact) mass is 296 g/mol. The number of hydrogen-bond acceptors (Lipinski definition) is 2. The third-order valence-electron chi connectivity index (χ3n) is 3.76. The summed E-state index contributed by atoms with van der Waals surface area (Å²) in [4.78, 5) is 12.2. The van der Waals surface area contributed by atoms with E-state index in [4.69, 9.17) is 0 Å². The number of nitrogens with one attached hydrogen (secondary N) is 2. The molecule has 2 N–H and O–H groups in total. The van der Waals surface area contributed by atoms with Crippen molar-refractivity contribution in [1.29, 1.82) is 0 Å². The van der Waals surface area contributed by atoms with Crippen molar-refractivity contribution in [2.75, 3.05) is 17.2 Å². The molecule has 0 atom stereocenters. The highest BCUT2D eigenvalue weighted by atomic mass is 16.1. The zero-order valence-electron chi connectivity index (χ0n) is 14.0. The van der Waals surface area contributed by atoms with E-state index in [1.165, 1.54) is 11.1 Å². The average molecular weight is 296 g/mol. The Kier molecular flexibility index (Phi) is 4.86. The van der Waals surface area contributed by atoms with Gasteiger partial charge in [-0.25, -0.2) is 0 Å². The number of carbonyl (C=O) groups is 1. The number of amides is 1. The molecule has 0 radical (unpaired) electrons. The van der Waals surface area contributed by atoms with Crippen LogP contribution in [-0.2, 0) is 4.79 Å². The van der Waals surface area contributed by atoms with Crippen LogP contribution in [0.4, 0.5) is 11.4 Å². The molecule has 0 unspecified atom stereocenters. The molecule has 2 aromatic rings. The molecule has 0 saturated carbocycles. The Hall–Kier alpha value is -2.29. The maximum absolute atomic E-state index is 12.2. The summed E-state index contributed by atoms with van der Waals surface area (Å²) in [6, 6.07) is 10.3. The summed E-state index contributed by atoms with van der Waals surface area (Å²) in [5, 5.41) is 6.20. The van der Waals surface area contributed by atoms with Gasteiger partial charge in [-0.1, -0.05) is 35.4 Å². The van der Waals surface area contributed by atoms with Crippen LogP contribution in [0.25, 0.3) is 0 Å². The van der Waals surface area contributed by atoms with Gasteiger partial charge in [0.2, 0.25) is 5.91 Å².